The number of hydrogen-bond acceptors (Lipinski definition) is 3. The van der Waals surface area contributed by atoms with Gasteiger partial charge < -0.3 is 9.64 Å². The summed E-state index contributed by atoms with van der Waals surface area (Å²) in [6, 6.07) is 7.50. The molecule has 1 heterocycles. The Hall–Kier alpha value is -2.35. The zero-order valence-electron chi connectivity index (χ0n) is 17.1. The molecule has 0 aliphatic carbocycles. The van der Waals surface area contributed by atoms with Crippen LogP contribution in [0, 0.1) is 0 Å². The molecule has 1 aromatic heterocycles. The summed E-state index contributed by atoms with van der Waals surface area (Å²) >= 11 is 0. The Labute approximate surface area is 169 Å². The van der Waals surface area contributed by atoms with Crippen molar-refractivity contribution in [2.75, 3.05) is 27.3 Å². The van der Waals surface area contributed by atoms with Crippen molar-refractivity contribution in [2.45, 2.75) is 45.3 Å². The van der Waals surface area contributed by atoms with E-state index in [1.54, 1.807) is 38.4 Å². The first-order chi connectivity index (χ1) is 13.7. The van der Waals surface area contributed by atoms with Gasteiger partial charge in [0.15, 0.2) is 0 Å². The Kier molecular flexibility index (Phi) is 8.25. The second-order valence-corrected chi connectivity index (χ2v) is 7.09. The molecule has 29 heavy (non-hydrogen) atoms. The Balaban J connectivity index is 2.09. The predicted molar refractivity (Wildman–Crippen MR) is 106 cm³/mol. The topological polar surface area (TPSA) is 47.4 Å². The first-order valence-electron chi connectivity index (χ1n) is 9.79. The van der Waals surface area contributed by atoms with Crippen LogP contribution in [0.5, 0.6) is 0 Å². The molecule has 0 unspecified atom stereocenters. The lowest BCUT2D eigenvalue weighted by Gasteiger charge is -2.10. The van der Waals surface area contributed by atoms with Gasteiger partial charge in [-0.2, -0.15) is 18.3 Å². The molecule has 1 amide bonds. The van der Waals surface area contributed by atoms with E-state index >= 15 is 0 Å². The van der Waals surface area contributed by atoms with Crippen molar-refractivity contribution in [1.82, 2.24) is 14.7 Å². The Morgan fingerprint density at radius 2 is 1.79 bits per heavy atom. The predicted octanol–water partition coefficient (Wildman–Crippen LogP) is 4.87. The molecule has 2 rings (SSSR count). The number of hydrogen-bond donors (Lipinski definition) is 0. The highest BCUT2D eigenvalue weighted by molar-refractivity contribution is 5.94. The highest BCUT2D eigenvalue weighted by Crippen LogP contribution is 2.32. The number of carbonyl (C=O) groups excluding carboxylic acids is 1. The Morgan fingerprint density at radius 3 is 2.38 bits per heavy atom. The van der Waals surface area contributed by atoms with E-state index in [1.807, 2.05) is 6.92 Å². The third kappa shape index (κ3) is 6.59. The Bertz CT molecular complexity index is 783. The quantitative estimate of drug-likeness (QED) is 0.524. The molecule has 5 nitrogen and oxygen atoms in total. The molecular weight excluding hydrogens is 383 g/mol. The molecule has 0 spiro atoms. The number of alkyl halides is 3. The zero-order chi connectivity index (χ0) is 21.4. The number of halogens is 3. The van der Waals surface area contributed by atoms with Gasteiger partial charge in [0.25, 0.3) is 5.91 Å². The average molecular weight is 411 g/mol. The third-order valence-electron chi connectivity index (χ3n) is 4.41. The molecule has 1 aromatic carbocycles. The van der Waals surface area contributed by atoms with Gasteiger partial charge in [-0.1, -0.05) is 19.1 Å². The van der Waals surface area contributed by atoms with Crippen molar-refractivity contribution in [3.05, 3.63) is 41.6 Å². The van der Waals surface area contributed by atoms with Crippen LogP contribution in [-0.2, 0) is 17.5 Å². The number of ether oxygens (including phenoxy) is 1. The van der Waals surface area contributed by atoms with Gasteiger partial charge in [0.1, 0.15) is 5.69 Å². The van der Waals surface area contributed by atoms with Crippen molar-refractivity contribution in [3.8, 4) is 11.3 Å². The van der Waals surface area contributed by atoms with Crippen LogP contribution in [0.2, 0.25) is 0 Å². The lowest BCUT2D eigenvalue weighted by Crippen LogP contribution is -2.21. The van der Waals surface area contributed by atoms with Crippen LogP contribution < -0.4 is 0 Å². The van der Waals surface area contributed by atoms with Gasteiger partial charge in [-0.15, -0.1) is 0 Å². The molecule has 0 bridgehead atoms. The van der Waals surface area contributed by atoms with E-state index in [0.717, 1.165) is 30.0 Å². The van der Waals surface area contributed by atoms with Crippen LogP contribution >= 0.6 is 0 Å². The third-order valence-corrected chi connectivity index (χ3v) is 4.41. The smallest absolute Gasteiger partial charge is 0.381 e. The minimum absolute atomic E-state index is 0.166. The van der Waals surface area contributed by atoms with E-state index in [0.29, 0.717) is 30.8 Å². The molecule has 0 atom stereocenters. The van der Waals surface area contributed by atoms with Crippen LogP contribution in [0.3, 0.4) is 0 Å². The molecule has 0 saturated carbocycles. The summed E-state index contributed by atoms with van der Waals surface area (Å²) in [6.07, 6.45) is -1.34. The van der Waals surface area contributed by atoms with Crippen LogP contribution in [0.4, 0.5) is 13.2 Å². The standard InChI is InChI=1S/C21H28F3N3O2/c1-4-13-29-14-7-5-6-12-27-19(21(22,23)24)15-18(25-27)16-8-10-17(11-9-16)20(28)26(2)3/h8-11,15H,4-7,12-14H2,1-3H3. The molecule has 160 valence electrons. The lowest BCUT2D eigenvalue weighted by molar-refractivity contribution is -0.144. The van der Waals surface area contributed by atoms with Gasteiger partial charge in [-0.3, -0.25) is 9.48 Å². The molecule has 8 heteroatoms. The zero-order valence-corrected chi connectivity index (χ0v) is 17.1. The fourth-order valence-electron chi connectivity index (χ4n) is 2.89. The van der Waals surface area contributed by atoms with E-state index in [4.69, 9.17) is 4.74 Å². The molecule has 0 radical (unpaired) electrons. The summed E-state index contributed by atoms with van der Waals surface area (Å²) in [4.78, 5) is 13.4. The van der Waals surface area contributed by atoms with E-state index in [-0.39, 0.29) is 18.1 Å². The SMILES string of the molecule is CCCOCCCCCn1nc(-c2ccc(C(=O)N(C)C)cc2)cc1C(F)(F)F. The first kappa shape index (κ1) is 22.9. The van der Waals surface area contributed by atoms with Crippen LogP contribution in [0.15, 0.2) is 30.3 Å². The van der Waals surface area contributed by atoms with Gasteiger partial charge in [0.2, 0.25) is 0 Å². The summed E-state index contributed by atoms with van der Waals surface area (Å²) in [5, 5.41) is 4.17. The average Bonchev–Trinajstić information content (AvgIpc) is 3.11. The van der Waals surface area contributed by atoms with Crippen molar-refractivity contribution in [2.24, 2.45) is 0 Å². The minimum Gasteiger partial charge on any atom is -0.381 e. The maximum atomic E-state index is 13.4. The van der Waals surface area contributed by atoms with Crippen LogP contribution in [-0.4, -0.2) is 47.9 Å². The number of aryl methyl sites for hydroxylation is 1. The molecular formula is C21H28F3N3O2. The highest BCUT2D eigenvalue weighted by atomic mass is 19.4. The fraction of sp³-hybridized carbons (Fsp3) is 0.524. The molecule has 0 fully saturated rings. The number of benzene rings is 1. The summed E-state index contributed by atoms with van der Waals surface area (Å²) in [5.41, 5.74) is 0.493. The maximum Gasteiger partial charge on any atom is 0.433 e. The normalized spacial score (nSPS) is 11.7. The molecule has 0 saturated heterocycles. The summed E-state index contributed by atoms with van der Waals surface area (Å²) in [6.45, 7) is 3.56. The van der Waals surface area contributed by atoms with E-state index in [1.165, 1.54) is 4.90 Å². The minimum atomic E-state index is -4.48. The van der Waals surface area contributed by atoms with Gasteiger partial charge in [0.05, 0.1) is 5.69 Å². The van der Waals surface area contributed by atoms with Gasteiger partial charge >= 0.3 is 6.18 Å². The molecule has 2 aromatic rings. The van der Waals surface area contributed by atoms with E-state index < -0.39 is 11.9 Å². The van der Waals surface area contributed by atoms with Crippen molar-refractivity contribution < 1.29 is 22.7 Å². The number of rotatable bonds is 10. The van der Waals surface area contributed by atoms with Gasteiger partial charge in [-0.05, 0) is 43.9 Å². The monoisotopic (exact) mass is 411 g/mol. The number of aromatic nitrogens is 2. The van der Waals surface area contributed by atoms with Crippen LogP contribution in [0.1, 0.15) is 48.7 Å². The second kappa shape index (κ2) is 10.4. The molecule has 0 N–H and O–H groups in total. The fourth-order valence-corrected chi connectivity index (χ4v) is 2.89. The number of amides is 1. The van der Waals surface area contributed by atoms with Gasteiger partial charge in [0, 0.05) is 45.0 Å². The van der Waals surface area contributed by atoms with Crippen LogP contribution in [0.25, 0.3) is 11.3 Å². The highest BCUT2D eigenvalue weighted by Gasteiger charge is 2.35. The number of carbonyl (C=O) groups is 1. The van der Waals surface area contributed by atoms with Crippen molar-refractivity contribution in [1.29, 1.82) is 0 Å². The Morgan fingerprint density at radius 1 is 1.10 bits per heavy atom. The number of nitrogens with zero attached hydrogens (tertiary/aromatic N) is 3. The largest absolute Gasteiger partial charge is 0.433 e. The van der Waals surface area contributed by atoms with Gasteiger partial charge in [-0.25, -0.2) is 0 Å². The lowest BCUT2D eigenvalue weighted by atomic mass is 10.1. The van der Waals surface area contributed by atoms with E-state index in [9.17, 15) is 18.0 Å². The van der Waals surface area contributed by atoms with E-state index in [2.05, 4.69) is 5.10 Å². The maximum absolute atomic E-state index is 13.4. The van der Waals surface area contributed by atoms with Crippen molar-refractivity contribution >= 4 is 5.91 Å². The molecule has 0 aliphatic heterocycles. The number of unbranched alkanes of at least 4 members (excludes halogenated alkanes) is 2. The summed E-state index contributed by atoms with van der Waals surface area (Å²) in [5.74, 6) is -0.166. The first-order valence-corrected chi connectivity index (χ1v) is 9.79. The second-order valence-electron chi connectivity index (χ2n) is 7.09. The summed E-state index contributed by atoms with van der Waals surface area (Å²) in [7, 11) is 3.28. The summed E-state index contributed by atoms with van der Waals surface area (Å²) < 4.78 is 46.7. The van der Waals surface area contributed by atoms with Crippen molar-refractivity contribution in [3.63, 3.8) is 0 Å². The molecule has 0 aliphatic rings.